The summed E-state index contributed by atoms with van der Waals surface area (Å²) in [6.45, 7) is 0. The Hall–Kier alpha value is -0.0800. The van der Waals surface area contributed by atoms with Crippen molar-refractivity contribution in [3.8, 4) is 5.75 Å². The first-order valence-corrected chi connectivity index (χ1v) is 6.09. The molecule has 1 aromatic heterocycles. The van der Waals surface area contributed by atoms with Gasteiger partial charge in [-0.1, -0.05) is 0 Å². The van der Waals surface area contributed by atoms with Crippen molar-refractivity contribution in [2.75, 3.05) is 0 Å². The Kier molecular flexibility index (Phi) is 2.79. The number of halogens is 2. The zero-order chi connectivity index (χ0) is 9.35. The molecule has 0 radical (unpaired) electrons. The van der Waals surface area contributed by atoms with Crippen molar-refractivity contribution in [2.45, 2.75) is 4.90 Å². The maximum Gasteiger partial charge on any atom is 0.264 e. The summed E-state index contributed by atoms with van der Waals surface area (Å²) in [5.74, 6) is -0.197. The largest absolute Gasteiger partial charge is 0.505 e. The van der Waals surface area contributed by atoms with E-state index in [1.165, 1.54) is 0 Å². The Labute approximate surface area is 87.1 Å². The molecule has 12 heavy (non-hydrogen) atoms. The summed E-state index contributed by atoms with van der Waals surface area (Å²) in [6.07, 6.45) is 2.23. The lowest BCUT2D eigenvalue weighted by Gasteiger charge is -1.99. The van der Waals surface area contributed by atoms with E-state index in [2.05, 4.69) is 4.98 Å². The molecule has 0 fully saturated rings. The maximum absolute atomic E-state index is 10.8. The Morgan fingerprint density at radius 3 is 2.50 bits per heavy atom. The first-order valence-electron chi connectivity index (χ1n) is 2.70. The molecule has 0 aliphatic heterocycles. The van der Waals surface area contributed by atoms with Crippen molar-refractivity contribution < 1.29 is 13.5 Å². The van der Waals surface area contributed by atoms with E-state index in [0.29, 0.717) is 0 Å². The van der Waals surface area contributed by atoms with E-state index in [-0.39, 0.29) is 14.2 Å². The van der Waals surface area contributed by atoms with Crippen molar-refractivity contribution in [3.05, 3.63) is 16.0 Å². The van der Waals surface area contributed by atoms with E-state index in [9.17, 15) is 8.42 Å². The molecule has 0 spiro atoms. The standard InChI is InChI=1S/C5H3ClINO3S/c6-12(10,11)4-2-8-1-3(9)5(4)7/h1-2,9H. The highest BCUT2D eigenvalue weighted by molar-refractivity contribution is 14.1. The second-order valence-corrected chi connectivity index (χ2v) is 5.52. The third-order valence-corrected chi connectivity index (χ3v) is 3.93. The quantitative estimate of drug-likeness (QED) is 0.626. The fraction of sp³-hybridized carbons (Fsp3) is 0. The smallest absolute Gasteiger partial charge is 0.264 e. The maximum atomic E-state index is 10.8. The van der Waals surface area contributed by atoms with Crippen LogP contribution < -0.4 is 0 Å². The number of pyridine rings is 1. The summed E-state index contributed by atoms with van der Waals surface area (Å²) in [5, 5.41) is 9.07. The van der Waals surface area contributed by atoms with Crippen LogP contribution in [0.25, 0.3) is 0 Å². The molecule has 1 rings (SSSR count). The van der Waals surface area contributed by atoms with Crippen LogP contribution in [0.2, 0.25) is 0 Å². The van der Waals surface area contributed by atoms with Crippen LogP contribution in [-0.4, -0.2) is 18.5 Å². The number of rotatable bonds is 1. The van der Waals surface area contributed by atoms with Crippen molar-refractivity contribution >= 4 is 42.3 Å². The number of aromatic hydroxyl groups is 1. The summed E-state index contributed by atoms with van der Waals surface area (Å²) in [4.78, 5) is 3.32. The Morgan fingerprint density at radius 1 is 1.50 bits per heavy atom. The van der Waals surface area contributed by atoms with Gasteiger partial charge in [-0.25, -0.2) is 8.42 Å². The first kappa shape index (κ1) is 10.0. The topological polar surface area (TPSA) is 67.3 Å². The average Bonchev–Trinajstić information content (AvgIpc) is 1.92. The molecule has 0 saturated heterocycles. The van der Waals surface area contributed by atoms with E-state index in [0.717, 1.165) is 12.4 Å². The molecule has 0 amide bonds. The highest BCUT2D eigenvalue weighted by Crippen LogP contribution is 2.27. The minimum Gasteiger partial charge on any atom is -0.505 e. The van der Waals surface area contributed by atoms with Crippen molar-refractivity contribution in [1.82, 2.24) is 4.98 Å². The van der Waals surface area contributed by atoms with Crippen LogP contribution in [0.1, 0.15) is 0 Å². The van der Waals surface area contributed by atoms with Crippen LogP contribution in [0.15, 0.2) is 17.3 Å². The molecular formula is C5H3ClINO3S. The lowest BCUT2D eigenvalue weighted by atomic mass is 10.5. The molecule has 1 aromatic rings. The van der Waals surface area contributed by atoms with Gasteiger partial charge in [-0.3, -0.25) is 4.98 Å². The lowest BCUT2D eigenvalue weighted by Crippen LogP contribution is -1.95. The average molecular weight is 320 g/mol. The monoisotopic (exact) mass is 319 g/mol. The van der Waals surface area contributed by atoms with E-state index in [4.69, 9.17) is 15.8 Å². The van der Waals surface area contributed by atoms with Gasteiger partial charge < -0.3 is 5.11 Å². The number of hydrogen-bond acceptors (Lipinski definition) is 4. The van der Waals surface area contributed by atoms with Crippen molar-refractivity contribution in [2.24, 2.45) is 0 Å². The van der Waals surface area contributed by atoms with Gasteiger partial charge in [0.05, 0.1) is 9.77 Å². The molecule has 0 aromatic carbocycles. The minimum absolute atomic E-state index is 0.176. The molecular weight excluding hydrogens is 316 g/mol. The minimum atomic E-state index is -3.81. The van der Waals surface area contributed by atoms with E-state index in [1.807, 2.05) is 0 Å². The van der Waals surface area contributed by atoms with Gasteiger partial charge >= 0.3 is 0 Å². The van der Waals surface area contributed by atoms with Crippen LogP contribution in [0.3, 0.4) is 0 Å². The van der Waals surface area contributed by atoms with Crippen LogP contribution in [0.5, 0.6) is 5.75 Å². The Morgan fingerprint density at radius 2 is 2.08 bits per heavy atom. The van der Waals surface area contributed by atoms with Gasteiger partial charge in [0.25, 0.3) is 9.05 Å². The second kappa shape index (κ2) is 3.35. The Balaban J connectivity index is 3.47. The van der Waals surface area contributed by atoms with Gasteiger partial charge in [-0.15, -0.1) is 0 Å². The predicted molar refractivity (Wildman–Crippen MR) is 51.7 cm³/mol. The molecule has 0 atom stereocenters. The van der Waals surface area contributed by atoms with Gasteiger partial charge in [0.2, 0.25) is 0 Å². The van der Waals surface area contributed by atoms with Gasteiger partial charge in [0.1, 0.15) is 10.6 Å². The van der Waals surface area contributed by atoms with Crippen molar-refractivity contribution in [3.63, 3.8) is 0 Å². The van der Waals surface area contributed by atoms with Crippen LogP contribution in [-0.2, 0) is 9.05 Å². The van der Waals surface area contributed by atoms with E-state index >= 15 is 0 Å². The number of nitrogens with zero attached hydrogens (tertiary/aromatic N) is 1. The molecule has 4 nitrogen and oxygen atoms in total. The summed E-state index contributed by atoms with van der Waals surface area (Å²) in [7, 11) is 1.24. The third-order valence-electron chi connectivity index (χ3n) is 1.09. The fourth-order valence-electron chi connectivity index (χ4n) is 0.585. The molecule has 7 heteroatoms. The molecule has 1 N–H and O–H groups in total. The van der Waals surface area contributed by atoms with Gasteiger partial charge in [0.15, 0.2) is 0 Å². The summed E-state index contributed by atoms with van der Waals surface area (Å²) in [6, 6.07) is 0. The molecule has 0 saturated carbocycles. The molecule has 0 bridgehead atoms. The highest BCUT2D eigenvalue weighted by atomic mass is 127. The van der Waals surface area contributed by atoms with Gasteiger partial charge in [-0.2, -0.15) is 0 Å². The van der Waals surface area contributed by atoms with Gasteiger partial charge in [0, 0.05) is 16.9 Å². The zero-order valence-corrected chi connectivity index (χ0v) is 9.26. The zero-order valence-electron chi connectivity index (χ0n) is 5.53. The SMILES string of the molecule is O=S(=O)(Cl)c1cncc(O)c1I. The Bertz CT molecular complexity index is 405. The third kappa shape index (κ3) is 1.99. The molecule has 0 aliphatic carbocycles. The summed E-state index contributed by atoms with van der Waals surface area (Å²) < 4.78 is 21.8. The van der Waals surface area contributed by atoms with Crippen molar-refractivity contribution in [1.29, 1.82) is 0 Å². The molecule has 0 unspecified atom stereocenters. The highest BCUT2D eigenvalue weighted by Gasteiger charge is 2.16. The van der Waals surface area contributed by atoms with E-state index < -0.39 is 9.05 Å². The van der Waals surface area contributed by atoms with Crippen LogP contribution in [0.4, 0.5) is 0 Å². The second-order valence-electron chi connectivity index (χ2n) is 1.91. The summed E-state index contributed by atoms with van der Waals surface area (Å²) >= 11 is 1.68. The van der Waals surface area contributed by atoms with Crippen LogP contribution in [0, 0.1) is 3.57 Å². The fourth-order valence-corrected chi connectivity index (χ4v) is 2.98. The number of hydrogen-bond donors (Lipinski definition) is 1. The first-order chi connectivity index (χ1) is 5.43. The summed E-state index contributed by atoms with van der Waals surface area (Å²) in [5.41, 5.74) is 0. The van der Waals surface area contributed by atoms with E-state index in [1.54, 1.807) is 22.6 Å². The number of aromatic nitrogens is 1. The van der Waals surface area contributed by atoms with Gasteiger partial charge in [-0.05, 0) is 22.6 Å². The molecule has 66 valence electrons. The molecule has 1 heterocycles. The molecule has 0 aliphatic rings. The van der Waals surface area contributed by atoms with Crippen LogP contribution >= 0.6 is 33.3 Å². The normalized spacial score (nSPS) is 11.5. The lowest BCUT2D eigenvalue weighted by molar-refractivity contribution is 0.466. The predicted octanol–water partition coefficient (Wildman–Crippen LogP) is 1.32.